The predicted molar refractivity (Wildman–Crippen MR) is 43.9 cm³/mol. The van der Waals surface area contributed by atoms with E-state index in [0.29, 0.717) is 0 Å². The molecule has 1 heterocycles. The Morgan fingerprint density at radius 2 is 2.27 bits per heavy atom. The minimum absolute atomic E-state index is 0.00449. The van der Waals surface area contributed by atoms with Crippen LogP contribution >= 0.6 is 0 Å². The van der Waals surface area contributed by atoms with E-state index in [4.69, 9.17) is 0 Å². The highest BCUT2D eigenvalue weighted by atomic mass is 19.4. The van der Waals surface area contributed by atoms with Crippen molar-refractivity contribution >= 4 is 5.97 Å². The lowest BCUT2D eigenvalue weighted by Crippen LogP contribution is -2.07. The van der Waals surface area contributed by atoms with E-state index >= 15 is 0 Å². The molecule has 1 aromatic heterocycles. The van der Waals surface area contributed by atoms with Crippen LogP contribution in [0.15, 0.2) is 12.4 Å². The zero-order chi connectivity index (χ0) is 11.5. The number of esters is 1. The Balaban J connectivity index is 2.58. The van der Waals surface area contributed by atoms with E-state index in [1.165, 1.54) is 7.11 Å². The quantitative estimate of drug-likeness (QED) is 0.727. The van der Waals surface area contributed by atoms with Crippen LogP contribution in [0.1, 0.15) is 12.0 Å². The third-order valence-corrected chi connectivity index (χ3v) is 1.73. The fourth-order valence-corrected chi connectivity index (χ4v) is 0.940. The van der Waals surface area contributed by atoms with E-state index < -0.39 is 17.7 Å². The molecule has 0 aliphatic heterocycles. The molecule has 0 radical (unpaired) electrons. The van der Waals surface area contributed by atoms with Crippen LogP contribution < -0.4 is 0 Å². The molecule has 0 saturated carbocycles. The van der Waals surface area contributed by atoms with Crippen LogP contribution in [0.4, 0.5) is 13.2 Å². The summed E-state index contributed by atoms with van der Waals surface area (Å²) in [5.41, 5.74) is -0.827. The first-order chi connectivity index (χ1) is 6.93. The first-order valence-corrected chi connectivity index (χ1v) is 4.10. The first kappa shape index (κ1) is 11.5. The molecule has 0 atom stereocenters. The number of halogens is 3. The summed E-state index contributed by atoms with van der Waals surface area (Å²) in [5, 5.41) is 3.48. The number of aryl methyl sites for hydroxylation is 1. The molecule has 0 amide bonds. The first-order valence-electron chi connectivity index (χ1n) is 4.10. The molecule has 0 saturated heterocycles. The number of aromatic nitrogens is 2. The van der Waals surface area contributed by atoms with Gasteiger partial charge in [-0.2, -0.15) is 18.3 Å². The number of methoxy groups -OCH3 is 1. The molecule has 7 heteroatoms. The van der Waals surface area contributed by atoms with Gasteiger partial charge < -0.3 is 4.74 Å². The molecule has 1 rings (SSSR count). The monoisotopic (exact) mass is 222 g/mol. The summed E-state index contributed by atoms with van der Waals surface area (Å²) >= 11 is 0. The third kappa shape index (κ3) is 3.26. The molecule has 15 heavy (non-hydrogen) atoms. The fraction of sp³-hybridized carbons (Fsp3) is 0.500. The molecule has 1 aromatic rings. The summed E-state index contributed by atoms with van der Waals surface area (Å²) in [5.74, 6) is -0.487. The van der Waals surface area contributed by atoms with Crippen molar-refractivity contribution < 1.29 is 22.7 Å². The highest BCUT2D eigenvalue weighted by molar-refractivity contribution is 5.68. The van der Waals surface area contributed by atoms with Crippen molar-refractivity contribution in [2.45, 2.75) is 19.1 Å². The summed E-state index contributed by atoms with van der Waals surface area (Å²) < 4.78 is 41.8. The number of rotatable bonds is 3. The van der Waals surface area contributed by atoms with Gasteiger partial charge in [-0.25, -0.2) is 0 Å². The minimum Gasteiger partial charge on any atom is -0.469 e. The van der Waals surface area contributed by atoms with E-state index in [-0.39, 0.29) is 13.0 Å². The van der Waals surface area contributed by atoms with Crippen molar-refractivity contribution in [2.24, 2.45) is 0 Å². The van der Waals surface area contributed by atoms with E-state index in [2.05, 4.69) is 9.84 Å². The van der Waals surface area contributed by atoms with Gasteiger partial charge in [0.05, 0.1) is 31.8 Å². The molecular weight excluding hydrogens is 213 g/mol. The van der Waals surface area contributed by atoms with Crippen LogP contribution in [0.25, 0.3) is 0 Å². The Kier molecular flexibility index (Phi) is 3.33. The minimum atomic E-state index is -4.40. The Labute approximate surface area is 83.6 Å². The number of carbonyl (C=O) groups is 1. The second-order valence-corrected chi connectivity index (χ2v) is 2.82. The summed E-state index contributed by atoms with van der Waals surface area (Å²) in [4.78, 5) is 10.7. The zero-order valence-electron chi connectivity index (χ0n) is 7.91. The maximum atomic E-state index is 12.1. The van der Waals surface area contributed by atoms with Crippen molar-refractivity contribution in [3.63, 3.8) is 0 Å². The molecule has 0 aromatic carbocycles. The van der Waals surface area contributed by atoms with Crippen molar-refractivity contribution in [3.05, 3.63) is 18.0 Å². The van der Waals surface area contributed by atoms with Crippen molar-refractivity contribution in [3.8, 4) is 0 Å². The van der Waals surface area contributed by atoms with Crippen LogP contribution in [-0.4, -0.2) is 22.9 Å². The van der Waals surface area contributed by atoms with Gasteiger partial charge in [0, 0.05) is 6.20 Å². The molecule has 0 aliphatic carbocycles. The topological polar surface area (TPSA) is 44.1 Å². The second-order valence-electron chi connectivity index (χ2n) is 2.82. The smallest absolute Gasteiger partial charge is 0.419 e. The number of ether oxygens (including phenoxy) is 1. The zero-order valence-corrected chi connectivity index (χ0v) is 7.91. The van der Waals surface area contributed by atoms with Crippen molar-refractivity contribution in [2.75, 3.05) is 7.11 Å². The van der Waals surface area contributed by atoms with Gasteiger partial charge >= 0.3 is 12.1 Å². The maximum Gasteiger partial charge on any atom is 0.419 e. The van der Waals surface area contributed by atoms with Gasteiger partial charge in [-0.05, 0) is 0 Å². The summed E-state index contributed by atoms with van der Waals surface area (Å²) in [6.07, 6.45) is -2.83. The van der Waals surface area contributed by atoms with Crippen molar-refractivity contribution in [1.82, 2.24) is 9.78 Å². The molecule has 0 aliphatic rings. The number of hydrogen-bond acceptors (Lipinski definition) is 3. The average molecular weight is 222 g/mol. The van der Waals surface area contributed by atoms with E-state index in [0.717, 1.165) is 17.1 Å². The van der Waals surface area contributed by atoms with Crippen LogP contribution in [-0.2, 0) is 22.3 Å². The normalized spacial score (nSPS) is 11.5. The molecule has 0 spiro atoms. The lowest BCUT2D eigenvalue weighted by Gasteiger charge is -2.01. The highest BCUT2D eigenvalue weighted by Gasteiger charge is 2.32. The number of hydrogen-bond donors (Lipinski definition) is 0. The predicted octanol–water partition coefficient (Wildman–Crippen LogP) is 1.46. The van der Waals surface area contributed by atoms with E-state index in [1.807, 2.05) is 0 Å². The van der Waals surface area contributed by atoms with Crippen LogP contribution in [0.2, 0.25) is 0 Å². The largest absolute Gasteiger partial charge is 0.469 e. The summed E-state index contributed by atoms with van der Waals surface area (Å²) in [6.45, 7) is 0.0722. The van der Waals surface area contributed by atoms with Gasteiger partial charge in [-0.15, -0.1) is 0 Å². The van der Waals surface area contributed by atoms with Crippen LogP contribution in [0, 0.1) is 0 Å². The Hall–Kier alpha value is -1.53. The lowest BCUT2D eigenvalue weighted by atomic mass is 10.3. The molecule has 0 N–H and O–H groups in total. The molecule has 0 fully saturated rings. The number of carbonyl (C=O) groups excluding carboxylic acids is 1. The van der Waals surface area contributed by atoms with Gasteiger partial charge in [0.1, 0.15) is 0 Å². The molecule has 84 valence electrons. The average Bonchev–Trinajstić information content (AvgIpc) is 2.61. The van der Waals surface area contributed by atoms with Crippen molar-refractivity contribution in [1.29, 1.82) is 0 Å². The summed E-state index contributed by atoms with van der Waals surface area (Å²) in [7, 11) is 1.21. The SMILES string of the molecule is COC(=O)CCn1cc(C(F)(F)F)cn1. The Bertz CT molecular complexity index is 346. The number of nitrogens with zero attached hydrogens (tertiary/aromatic N) is 2. The van der Waals surface area contributed by atoms with Gasteiger partial charge in [-0.1, -0.05) is 0 Å². The van der Waals surface area contributed by atoms with E-state index in [1.54, 1.807) is 0 Å². The van der Waals surface area contributed by atoms with E-state index in [9.17, 15) is 18.0 Å². The molecule has 0 bridgehead atoms. The third-order valence-electron chi connectivity index (χ3n) is 1.73. The standard InChI is InChI=1S/C8H9F3N2O2/c1-15-7(14)2-3-13-5-6(4-12-13)8(9,10)11/h4-5H,2-3H2,1H3. The second kappa shape index (κ2) is 4.33. The highest BCUT2D eigenvalue weighted by Crippen LogP contribution is 2.28. The van der Waals surface area contributed by atoms with Gasteiger partial charge in [0.15, 0.2) is 0 Å². The molecule has 4 nitrogen and oxygen atoms in total. The lowest BCUT2D eigenvalue weighted by molar-refractivity contribution is -0.140. The maximum absolute atomic E-state index is 12.1. The molecule has 0 unspecified atom stereocenters. The van der Waals surface area contributed by atoms with Gasteiger partial charge in [0.2, 0.25) is 0 Å². The summed E-state index contributed by atoms with van der Waals surface area (Å²) in [6, 6.07) is 0. The van der Waals surface area contributed by atoms with Crippen LogP contribution in [0.5, 0.6) is 0 Å². The fourth-order valence-electron chi connectivity index (χ4n) is 0.940. The molecular formula is C8H9F3N2O2. The Morgan fingerprint density at radius 3 is 2.73 bits per heavy atom. The Morgan fingerprint density at radius 1 is 1.60 bits per heavy atom. The van der Waals surface area contributed by atoms with Gasteiger partial charge in [-0.3, -0.25) is 9.48 Å². The van der Waals surface area contributed by atoms with Crippen LogP contribution in [0.3, 0.4) is 0 Å². The number of alkyl halides is 3. The van der Waals surface area contributed by atoms with Gasteiger partial charge in [0.25, 0.3) is 0 Å².